The molecule has 2 aromatic carbocycles. The number of likely N-dealkylation sites (tertiary alicyclic amines) is 1. The first-order chi connectivity index (χ1) is 21.4. The van der Waals surface area contributed by atoms with Gasteiger partial charge < -0.3 is 24.8 Å². The zero-order valence-electron chi connectivity index (χ0n) is 25.4. The SMILES string of the molecule is CC(C)(C)OC(=O)n1cccc1-c1ccc(C[C@@H](NC(=O)CC2C(=O)Nc3ccccc3N2S(=O)[O-])C(=O)N2CCCC2)cc1. The Morgan fingerprint density at radius 1 is 1.04 bits per heavy atom. The number of anilines is 2. The first-order valence-electron chi connectivity index (χ1n) is 14.8. The smallest absolute Gasteiger partial charge is 0.418 e. The normalized spacial score (nSPS) is 17.7. The van der Waals surface area contributed by atoms with E-state index in [1.165, 1.54) is 4.57 Å². The Morgan fingerprint density at radius 2 is 1.73 bits per heavy atom. The van der Waals surface area contributed by atoms with Crippen molar-refractivity contribution in [2.24, 2.45) is 0 Å². The van der Waals surface area contributed by atoms with Crippen LogP contribution in [0.25, 0.3) is 11.3 Å². The molecule has 0 radical (unpaired) electrons. The largest absolute Gasteiger partial charge is 0.755 e. The van der Waals surface area contributed by atoms with Gasteiger partial charge in [0.1, 0.15) is 17.7 Å². The summed E-state index contributed by atoms with van der Waals surface area (Å²) in [7, 11) is 0. The van der Waals surface area contributed by atoms with Crippen molar-refractivity contribution in [2.75, 3.05) is 22.7 Å². The average molecular weight is 635 g/mol. The molecule has 0 bridgehead atoms. The molecule has 3 atom stereocenters. The van der Waals surface area contributed by atoms with Crippen LogP contribution < -0.4 is 14.9 Å². The number of carbonyl (C=O) groups excluding carboxylic acids is 4. The maximum Gasteiger partial charge on any atom is 0.418 e. The number of carbonyl (C=O) groups is 4. The lowest BCUT2D eigenvalue weighted by molar-refractivity contribution is -0.135. The molecule has 12 nitrogen and oxygen atoms in total. The first-order valence-corrected chi connectivity index (χ1v) is 15.8. The first kappa shape index (κ1) is 31.9. The summed E-state index contributed by atoms with van der Waals surface area (Å²) >= 11 is -2.82. The van der Waals surface area contributed by atoms with E-state index in [4.69, 9.17) is 4.74 Å². The minimum absolute atomic E-state index is 0.172. The number of fused-ring (bicyclic) bond motifs is 1. The summed E-state index contributed by atoms with van der Waals surface area (Å²) in [5, 5.41) is 5.44. The second-order valence-electron chi connectivity index (χ2n) is 12.1. The molecule has 3 aromatic rings. The molecule has 3 amide bonds. The Labute approximate surface area is 264 Å². The zero-order valence-corrected chi connectivity index (χ0v) is 26.2. The third kappa shape index (κ3) is 7.43. The van der Waals surface area contributed by atoms with Crippen LogP contribution in [0.3, 0.4) is 0 Å². The van der Waals surface area contributed by atoms with Crippen molar-refractivity contribution in [3.8, 4) is 11.3 Å². The van der Waals surface area contributed by atoms with E-state index in [-0.39, 0.29) is 18.0 Å². The van der Waals surface area contributed by atoms with Gasteiger partial charge in [-0.1, -0.05) is 36.4 Å². The van der Waals surface area contributed by atoms with Crippen molar-refractivity contribution in [1.29, 1.82) is 0 Å². The molecule has 2 aliphatic heterocycles. The predicted octanol–water partition coefficient (Wildman–Crippen LogP) is 3.60. The molecule has 0 saturated carbocycles. The molecule has 1 saturated heterocycles. The minimum Gasteiger partial charge on any atom is -0.755 e. The van der Waals surface area contributed by atoms with Crippen LogP contribution in [0, 0.1) is 0 Å². The number of amides is 3. The number of benzene rings is 2. The van der Waals surface area contributed by atoms with Crippen LogP contribution in [0.2, 0.25) is 0 Å². The van der Waals surface area contributed by atoms with Crippen molar-refractivity contribution in [3.63, 3.8) is 0 Å². The van der Waals surface area contributed by atoms with Crippen LogP contribution in [0.4, 0.5) is 16.2 Å². The van der Waals surface area contributed by atoms with Crippen LogP contribution >= 0.6 is 0 Å². The fourth-order valence-corrected chi connectivity index (χ4v) is 6.24. The summed E-state index contributed by atoms with van der Waals surface area (Å²) in [5.74, 6) is -1.51. The van der Waals surface area contributed by atoms with Gasteiger partial charge >= 0.3 is 6.09 Å². The van der Waals surface area contributed by atoms with E-state index < -0.39 is 53.3 Å². The molecule has 2 unspecified atom stereocenters. The molecule has 5 rings (SSSR count). The molecule has 0 aliphatic carbocycles. The van der Waals surface area contributed by atoms with Crippen LogP contribution in [0.5, 0.6) is 0 Å². The topological polar surface area (TPSA) is 153 Å². The third-order valence-corrected chi connectivity index (χ3v) is 8.38. The summed E-state index contributed by atoms with van der Waals surface area (Å²) < 4.78 is 32.1. The molecule has 45 heavy (non-hydrogen) atoms. The predicted molar refractivity (Wildman–Crippen MR) is 168 cm³/mol. The maximum absolute atomic E-state index is 13.5. The molecule has 238 valence electrons. The number of rotatable bonds is 8. The summed E-state index contributed by atoms with van der Waals surface area (Å²) in [6, 6.07) is 15.0. The highest BCUT2D eigenvalue weighted by atomic mass is 32.2. The van der Waals surface area contributed by atoms with Crippen LogP contribution in [0.15, 0.2) is 66.9 Å². The van der Waals surface area contributed by atoms with Crippen molar-refractivity contribution >= 4 is 46.5 Å². The van der Waals surface area contributed by atoms with E-state index >= 15 is 0 Å². The molecule has 2 aliphatic rings. The van der Waals surface area contributed by atoms with Gasteiger partial charge in [0, 0.05) is 37.0 Å². The van der Waals surface area contributed by atoms with E-state index in [2.05, 4.69) is 10.6 Å². The van der Waals surface area contributed by atoms with Gasteiger partial charge in [0.2, 0.25) is 17.7 Å². The Hall–Kier alpha value is -4.49. The van der Waals surface area contributed by atoms with E-state index in [1.54, 1.807) is 68.3 Å². The Kier molecular flexibility index (Phi) is 9.40. The summed E-state index contributed by atoms with van der Waals surface area (Å²) in [6.07, 6.45) is 2.56. The summed E-state index contributed by atoms with van der Waals surface area (Å²) in [5.41, 5.74) is 2.09. The minimum atomic E-state index is -2.82. The molecular weight excluding hydrogens is 598 g/mol. The Morgan fingerprint density at radius 3 is 2.40 bits per heavy atom. The van der Waals surface area contributed by atoms with E-state index in [0.717, 1.165) is 28.3 Å². The van der Waals surface area contributed by atoms with E-state index in [9.17, 15) is 27.9 Å². The van der Waals surface area contributed by atoms with Crippen molar-refractivity contribution in [3.05, 3.63) is 72.4 Å². The number of hydrogen-bond acceptors (Lipinski definition) is 7. The second-order valence-corrected chi connectivity index (χ2v) is 12.9. The quantitative estimate of drug-likeness (QED) is 0.359. The van der Waals surface area contributed by atoms with Crippen molar-refractivity contribution in [1.82, 2.24) is 14.8 Å². The third-order valence-electron chi connectivity index (χ3n) is 7.60. The lowest BCUT2D eigenvalue weighted by Crippen LogP contribution is -2.53. The Bertz CT molecular complexity index is 1610. The lowest BCUT2D eigenvalue weighted by atomic mass is 10.0. The molecule has 13 heteroatoms. The highest BCUT2D eigenvalue weighted by Gasteiger charge is 2.37. The van der Waals surface area contributed by atoms with Gasteiger partial charge in [-0.15, -0.1) is 0 Å². The number of nitrogens with one attached hydrogen (secondary N) is 2. The van der Waals surface area contributed by atoms with Gasteiger partial charge in [0.05, 0.1) is 23.5 Å². The standard InChI is InChI=1S/C32H37N5O7S/c1-32(2,3)44-31(41)36-18-8-11-25(36)22-14-12-21(13-15-22)19-24(30(40)35-16-6-7-17-35)33-28(38)20-27-29(39)34-23-9-4-5-10-26(23)37(27)45(42)43/h4-5,8-15,18,24,27H,6-7,16-17,19-20H2,1-3H3,(H,33,38)(H,34,39)(H,42,43)/p-1/t24-,27?/m1/s1. The van der Waals surface area contributed by atoms with Gasteiger partial charge in [-0.05, 0) is 69.0 Å². The molecule has 1 fully saturated rings. The van der Waals surface area contributed by atoms with Gasteiger partial charge in [-0.2, -0.15) is 0 Å². The fraction of sp³-hybridized carbons (Fsp3) is 0.375. The van der Waals surface area contributed by atoms with Gasteiger partial charge in [0.25, 0.3) is 0 Å². The monoisotopic (exact) mass is 634 g/mol. The van der Waals surface area contributed by atoms with E-state index in [1.807, 2.05) is 24.3 Å². The number of ether oxygens (including phenoxy) is 1. The number of nitrogens with zero attached hydrogens (tertiary/aromatic N) is 3. The van der Waals surface area contributed by atoms with Gasteiger partial charge in [0.15, 0.2) is 0 Å². The number of para-hydroxylation sites is 2. The zero-order chi connectivity index (χ0) is 32.3. The van der Waals surface area contributed by atoms with Crippen LogP contribution in [0.1, 0.15) is 45.6 Å². The fourth-order valence-electron chi connectivity index (χ4n) is 5.54. The highest BCUT2D eigenvalue weighted by Crippen LogP contribution is 2.33. The van der Waals surface area contributed by atoms with Gasteiger partial charge in [-0.3, -0.25) is 27.5 Å². The number of aromatic nitrogens is 1. The average Bonchev–Trinajstić information content (AvgIpc) is 3.69. The molecule has 2 N–H and O–H groups in total. The van der Waals surface area contributed by atoms with Crippen LogP contribution in [-0.2, 0) is 36.8 Å². The molecule has 3 heterocycles. The summed E-state index contributed by atoms with van der Waals surface area (Å²) in [6.45, 7) is 6.55. The van der Waals surface area contributed by atoms with Crippen LogP contribution in [-0.4, -0.2) is 72.8 Å². The molecular formula is C32H36N5O7S-. The second kappa shape index (κ2) is 13.2. The van der Waals surface area contributed by atoms with Crippen molar-refractivity contribution in [2.45, 2.75) is 64.1 Å². The molecule has 1 aromatic heterocycles. The summed E-state index contributed by atoms with van der Waals surface area (Å²) in [4.78, 5) is 54.2. The number of hydrogen-bond donors (Lipinski definition) is 2. The van der Waals surface area contributed by atoms with Crippen molar-refractivity contribution < 1.29 is 32.7 Å². The lowest BCUT2D eigenvalue weighted by Gasteiger charge is -2.38. The maximum atomic E-state index is 13.5. The van der Waals surface area contributed by atoms with Gasteiger partial charge in [-0.25, -0.2) is 4.79 Å². The Balaban J connectivity index is 1.33. The highest BCUT2D eigenvalue weighted by molar-refractivity contribution is 7.80. The van der Waals surface area contributed by atoms with E-state index in [0.29, 0.717) is 24.5 Å². The molecule has 0 spiro atoms.